The monoisotopic (exact) mass is 855 g/mol. The average molecular weight is 857 g/mol. The number of imide groups is 2. The summed E-state index contributed by atoms with van der Waals surface area (Å²) in [6.45, 7) is 4.49. The Labute approximate surface area is 343 Å². The summed E-state index contributed by atoms with van der Waals surface area (Å²) in [6.07, 6.45) is 3.80. The molecule has 8 rings (SSSR count). The Hall–Kier alpha value is -5.42. The van der Waals surface area contributed by atoms with Crippen molar-refractivity contribution in [2.24, 2.45) is 13.0 Å². The maximum absolute atomic E-state index is 13.7. The van der Waals surface area contributed by atoms with Crippen molar-refractivity contribution in [2.75, 3.05) is 69.6 Å². The summed E-state index contributed by atoms with van der Waals surface area (Å²) < 4.78 is 1.75. The maximum atomic E-state index is 13.7. The third-order valence-corrected chi connectivity index (χ3v) is 13.0. The molecule has 5 aliphatic heterocycles. The van der Waals surface area contributed by atoms with E-state index in [0.717, 1.165) is 30.0 Å². The molecule has 3 aromatic rings. The lowest BCUT2D eigenvalue weighted by Crippen LogP contribution is -2.54. The number of likely N-dealkylation sites (N-methyl/N-ethyl adjacent to an activating group) is 1. The number of nitrogens with zero attached hydrogens (tertiary/aromatic N) is 7. The molecule has 1 unspecified atom stereocenters. The fourth-order valence-electron chi connectivity index (χ4n) is 9.09. The van der Waals surface area contributed by atoms with E-state index in [-0.39, 0.29) is 59.2 Å². The first-order valence-electron chi connectivity index (χ1n) is 19.8. The first-order valence-corrected chi connectivity index (χ1v) is 20.6. The molecule has 0 aliphatic carbocycles. The number of piperidine rings is 3. The third-order valence-electron chi connectivity index (χ3n) is 12.2. The molecule has 5 aliphatic rings. The predicted molar refractivity (Wildman–Crippen MR) is 216 cm³/mol. The Bertz CT molecular complexity index is 2230. The van der Waals surface area contributed by atoms with E-state index in [2.05, 4.69) is 43.6 Å². The Morgan fingerprint density at radius 1 is 0.845 bits per heavy atom. The largest absolute Gasteiger partial charge is 0.379 e. The number of likely N-dealkylation sites (tertiary alicyclic amines) is 2. The second-order valence-electron chi connectivity index (χ2n) is 15.9. The summed E-state index contributed by atoms with van der Waals surface area (Å²) in [5.74, 6) is -2.12. The molecule has 0 radical (unpaired) electrons. The van der Waals surface area contributed by atoms with Crippen LogP contribution in [-0.4, -0.2) is 136 Å². The van der Waals surface area contributed by atoms with Gasteiger partial charge in [-0.3, -0.25) is 43.8 Å². The molecule has 0 spiro atoms. The van der Waals surface area contributed by atoms with Crippen molar-refractivity contribution in [3.8, 4) is 0 Å². The number of carbonyl (C=O) groups is 6. The number of aryl methyl sites for hydroxylation is 1. The molecule has 1 aromatic heterocycles. The van der Waals surface area contributed by atoms with Crippen molar-refractivity contribution in [1.29, 1.82) is 0 Å². The zero-order valence-corrected chi connectivity index (χ0v) is 34.1. The Morgan fingerprint density at radius 2 is 1.57 bits per heavy atom. The van der Waals surface area contributed by atoms with Crippen LogP contribution in [0.1, 0.15) is 74.7 Å². The molecule has 6 heterocycles. The minimum Gasteiger partial charge on any atom is -0.379 e. The minimum atomic E-state index is -1.04. The second-order valence-corrected chi connectivity index (χ2v) is 16.7. The van der Waals surface area contributed by atoms with Crippen LogP contribution < -0.4 is 21.1 Å². The van der Waals surface area contributed by atoms with Gasteiger partial charge in [0.1, 0.15) is 10.5 Å². The van der Waals surface area contributed by atoms with Crippen LogP contribution in [0.25, 0.3) is 0 Å². The van der Waals surface area contributed by atoms with Gasteiger partial charge in [0, 0.05) is 83.3 Å². The predicted octanol–water partition coefficient (Wildman–Crippen LogP) is 2.04. The summed E-state index contributed by atoms with van der Waals surface area (Å²) in [6, 6.07) is 12.0. The standard InChI is InChI=1S/C41H46BrN9O7/c1-46-22-27(20-28(23-46)44-30-21-43-47(2)41(58)35(30)42)24-6-8-25(9-7-24)37(54)49-14-12-26(13-15-49)38(55)50-18-16-48(17-19-50)31-5-3-4-29-34(31)40(57)51(39(29)56)32-10-11-33(52)45-36(32)53/h3-9,21,26-28,32,44H,10-20,22-23H2,1-2H3,(H,45,52,53)/t27-,28+,32?/m0/s1. The highest BCUT2D eigenvalue weighted by Crippen LogP contribution is 2.35. The van der Waals surface area contributed by atoms with Gasteiger partial charge in [-0.05, 0) is 84.4 Å². The van der Waals surface area contributed by atoms with Crippen molar-refractivity contribution in [2.45, 2.75) is 50.1 Å². The van der Waals surface area contributed by atoms with Gasteiger partial charge in [-0.2, -0.15) is 5.10 Å². The Balaban J connectivity index is 0.829. The van der Waals surface area contributed by atoms with Crippen molar-refractivity contribution in [3.63, 3.8) is 0 Å². The normalized spacial score (nSPS) is 23.3. The van der Waals surface area contributed by atoms with Crippen LogP contribution in [0.2, 0.25) is 0 Å². The number of rotatable bonds is 7. The molecule has 4 fully saturated rings. The molecule has 2 N–H and O–H groups in total. The number of nitrogens with one attached hydrogen (secondary N) is 2. The molecule has 3 atom stereocenters. The van der Waals surface area contributed by atoms with Gasteiger partial charge in [0.25, 0.3) is 23.3 Å². The van der Waals surface area contributed by atoms with Gasteiger partial charge in [0.05, 0.1) is 28.7 Å². The number of aromatic nitrogens is 2. The van der Waals surface area contributed by atoms with E-state index in [1.165, 1.54) is 4.68 Å². The number of carbonyl (C=O) groups excluding carboxylic acids is 6. The van der Waals surface area contributed by atoms with Crippen molar-refractivity contribution in [1.82, 2.24) is 34.7 Å². The van der Waals surface area contributed by atoms with Crippen molar-refractivity contribution in [3.05, 3.63) is 85.7 Å². The summed E-state index contributed by atoms with van der Waals surface area (Å²) in [7, 11) is 3.69. The molecule has 58 heavy (non-hydrogen) atoms. The molecule has 2 aromatic carbocycles. The molecule has 16 nitrogen and oxygen atoms in total. The highest BCUT2D eigenvalue weighted by atomic mass is 79.9. The first kappa shape index (κ1) is 39.4. The maximum Gasteiger partial charge on any atom is 0.282 e. The topological polar surface area (TPSA) is 178 Å². The molecule has 4 saturated heterocycles. The number of fused-ring (bicyclic) bond motifs is 1. The zero-order valence-electron chi connectivity index (χ0n) is 32.5. The van der Waals surface area contributed by atoms with Crippen LogP contribution in [0.3, 0.4) is 0 Å². The van der Waals surface area contributed by atoms with Gasteiger partial charge in [-0.25, -0.2) is 4.68 Å². The lowest BCUT2D eigenvalue weighted by Gasteiger charge is -2.39. The SMILES string of the molecule is CN1C[C@H](Nc2cnn(C)c(=O)c2Br)C[C@H](c2ccc(C(=O)N3CCC(C(=O)N4CCN(c5cccc6c5C(=O)N(C5CCC(=O)NC5=O)C6=O)CC4)CC3)cc2)C1. The highest BCUT2D eigenvalue weighted by Gasteiger charge is 2.46. The number of hydrogen-bond acceptors (Lipinski definition) is 11. The van der Waals surface area contributed by atoms with Gasteiger partial charge >= 0.3 is 0 Å². The molecule has 6 amide bonds. The van der Waals surface area contributed by atoms with Gasteiger partial charge in [0.2, 0.25) is 17.7 Å². The third kappa shape index (κ3) is 7.52. The van der Waals surface area contributed by atoms with Crippen LogP contribution >= 0.6 is 15.9 Å². The molecular weight excluding hydrogens is 810 g/mol. The van der Waals surface area contributed by atoms with E-state index in [1.54, 1.807) is 31.4 Å². The lowest BCUT2D eigenvalue weighted by atomic mass is 9.87. The quantitative estimate of drug-likeness (QED) is 0.333. The van der Waals surface area contributed by atoms with E-state index < -0.39 is 29.7 Å². The fraction of sp³-hybridized carbons (Fsp3) is 0.463. The molecule has 0 bridgehead atoms. The molecule has 17 heteroatoms. The van der Waals surface area contributed by atoms with Crippen LogP contribution in [0, 0.1) is 5.92 Å². The number of piperazine rings is 1. The van der Waals surface area contributed by atoms with Gasteiger partial charge in [-0.15, -0.1) is 0 Å². The Morgan fingerprint density at radius 3 is 2.28 bits per heavy atom. The number of benzene rings is 2. The minimum absolute atomic E-state index is 0.0473. The second kappa shape index (κ2) is 16.1. The van der Waals surface area contributed by atoms with Crippen molar-refractivity contribution >= 4 is 62.7 Å². The van der Waals surface area contributed by atoms with Gasteiger partial charge < -0.3 is 24.9 Å². The first-order chi connectivity index (χ1) is 27.9. The summed E-state index contributed by atoms with van der Waals surface area (Å²) in [4.78, 5) is 99.7. The highest BCUT2D eigenvalue weighted by molar-refractivity contribution is 9.10. The number of amides is 6. The van der Waals surface area contributed by atoms with E-state index in [1.807, 2.05) is 39.0 Å². The van der Waals surface area contributed by atoms with Crippen LogP contribution in [0.5, 0.6) is 0 Å². The molecule has 0 saturated carbocycles. The molecular formula is C41H46BrN9O7. The number of hydrogen-bond donors (Lipinski definition) is 2. The summed E-state index contributed by atoms with van der Waals surface area (Å²) in [5, 5.41) is 9.87. The summed E-state index contributed by atoms with van der Waals surface area (Å²) >= 11 is 3.41. The number of anilines is 2. The average Bonchev–Trinajstić information content (AvgIpc) is 3.49. The van der Waals surface area contributed by atoms with E-state index >= 15 is 0 Å². The van der Waals surface area contributed by atoms with E-state index in [9.17, 15) is 33.6 Å². The van der Waals surface area contributed by atoms with Gasteiger partial charge in [-0.1, -0.05) is 18.2 Å². The van der Waals surface area contributed by atoms with E-state index in [4.69, 9.17) is 0 Å². The van der Waals surface area contributed by atoms with Crippen LogP contribution in [0.4, 0.5) is 11.4 Å². The molecule has 304 valence electrons. The van der Waals surface area contributed by atoms with E-state index in [0.29, 0.717) is 73.5 Å². The van der Waals surface area contributed by atoms with Crippen molar-refractivity contribution < 1.29 is 28.8 Å². The summed E-state index contributed by atoms with van der Waals surface area (Å²) in [5.41, 5.74) is 3.30. The van der Waals surface area contributed by atoms with Crippen LogP contribution in [-0.2, 0) is 21.4 Å². The lowest BCUT2D eigenvalue weighted by molar-refractivity contribution is -0.137. The Kier molecular flexibility index (Phi) is 10.9. The van der Waals surface area contributed by atoms with Gasteiger partial charge in [0.15, 0.2) is 0 Å². The zero-order chi connectivity index (χ0) is 40.8. The smallest absolute Gasteiger partial charge is 0.282 e. The van der Waals surface area contributed by atoms with Crippen LogP contribution in [0.15, 0.2) is 57.9 Å². The fourth-order valence-corrected chi connectivity index (χ4v) is 9.57. The number of halogens is 1.